The molecular weight excluding hydrogens is 344 g/mol. The van der Waals surface area contributed by atoms with Crippen LogP contribution in [0.4, 0.5) is 5.69 Å². The van der Waals surface area contributed by atoms with Gasteiger partial charge < -0.3 is 14.8 Å². The maximum Gasteiger partial charge on any atom is 0.315 e. The number of nitrogens with zero attached hydrogens (tertiary/aromatic N) is 1. The summed E-state index contributed by atoms with van der Waals surface area (Å²) in [5.74, 6) is 0.675. The molecule has 0 spiro atoms. The zero-order valence-electron chi connectivity index (χ0n) is 14.6. The number of rotatable bonds is 4. The Balaban J connectivity index is 1.56. The van der Waals surface area contributed by atoms with Crippen LogP contribution in [0.1, 0.15) is 15.9 Å². The number of hydrogen-bond acceptors (Lipinski definition) is 5. The summed E-state index contributed by atoms with van der Waals surface area (Å²) in [6.45, 7) is 0. The fraction of sp³-hybridized carbons (Fsp3) is 0.0952. The molecule has 1 amide bonds. The van der Waals surface area contributed by atoms with Crippen molar-refractivity contribution in [3.05, 3.63) is 72.1 Å². The Labute approximate surface area is 155 Å². The van der Waals surface area contributed by atoms with Crippen LogP contribution in [0, 0.1) is 0 Å². The van der Waals surface area contributed by atoms with E-state index in [0.717, 1.165) is 16.7 Å². The van der Waals surface area contributed by atoms with E-state index in [0.29, 0.717) is 22.7 Å². The number of methoxy groups -OCH3 is 1. The van der Waals surface area contributed by atoms with E-state index in [1.165, 1.54) is 0 Å². The first-order chi connectivity index (χ1) is 13.1. The van der Waals surface area contributed by atoms with E-state index >= 15 is 0 Å². The van der Waals surface area contributed by atoms with Gasteiger partial charge in [0.15, 0.2) is 0 Å². The van der Waals surface area contributed by atoms with Crippen molar-refractivity contribution in [1.29, 1.82) is 0 Å². The summed E-state index contributed by atoms with van der Waals surface area (Å²) in [6.07, 6.45) is 3.57. The number of amides is 1. The van der Waals surface area contributed by atoms with E-state index in [1.807, 2.05) is 18.2 Å². The Morgan fingerprint density at radius 2 is 2.00 bits per heavy atom. The van der Waals surface area contributed by atoms with Crippen LogP contribution >= 0.6 is 0 Å². The first-order valence-corrected chi connectivity index (χ1v) is 8.37. The molecule has 1 aromatic heterocycles. The molecule has 0 aliphatic carbocycles. The molecule has 1 aliphatic rings. The van der Waals surface area contributed by atoms with Crippen LogP contribution in [-0.4, -0.2) is 24.0 Å². The molecule has 0 fully saturated rings. The molecule has 0 unspecified atom stereocenters. The van der Waals surface area contributed by atoms with Crippen LogP contribution in [0.15, 0.2) is 60.9 Å². The molecule has 0 saturated carbocycles. The quantitative estimate of drug-likeness (QED) is 0.569. The van der Waals surface area contributed by atoms with Crippen LogP contribution in [0.3, 0.4) is 0 Å². The molecule has 3 aromatic rings. The number of anilines is 1. The zero-order chi connectivity index (χ0) is 18.8. The van der Waals surface area contributed by atoms with Crippen molar-refractivity contribution in [3.63, 3.8) is 0 Å². The van der Waals surface area contributed by atoms with Crippen LogP contribution in [0.25, 0.3) is 11.1 Å². The highest BCUT2D eigenvalue weighted by Gasteiger charge is 2.20. The second-order valence-electron chi connectivity index (χ2n) is 6.12. The van der Waals surface area contributed by atoms with E-state index in [4.69, 9.17) is 9.47 Å². The van der Waals surface area contributed by atoms with Crippen LogP contribution in [0.2, 0.25) is 0 Å². The summed E-state index contributed by atoms with van der Waals surface area (Å²) < 4.78 is 10.3. The van der Waals surface area contributed by atoms with Crippen molar-refractivity contribution in [3.8, 4) is 22.6 Å². The highest BCUT2D eigenvalue weighted by Crippen LogP contribution is 2.29. The molecule has 2 heterocycles. The van der Waals surface area contributed by atoms with Crippen molar-refractivity contribution >= 4 is 17.6 Å². The molecule has 2 aromatic carbocycles. The molecule has 27 heavy (non-hydrogen) atoms. The number of ether oxygens (including phenoxy) is 2. The molecule has 6 heteroatoms. The van der Waals surface area contributed by atoms with Crippen molar-refractivity contribution in [2.75, 3.05) is 12.4 Å². The first kappa shape index (κ1) is 16.8. The van der Waals surface area contributed by atoms with Crippen molar-refractivity contribution in [1.82, 2.24) is 4.98 Å². The van der Waals surface area contributed by atoms with E-state index < -0.39 is 0 Å². The van der Waals surface area contributed by atoms with Gasteiger partial charge in [0.25, 0.3) is 5.91 Å². The lowest BCUT2D eigenvalue weighted by Crippen LogP contribution is -2.12. The molecule has 6 nitrogen and oxygen atoms in total. The minimum absolute atomic E-state index is 0.220. The third-order valence-electron chi connectivity index (χ3n) is 4.28. The van der Waals surface area contributed by atoms with E-state index in [-0.39, 0.29) is 18.3 Å². The number of carbonyl (C=O) groups is 2. The molecule has 0 atom stereocenters. The molecule has 0 bridgehead atoms. The lowest BCUT2D eigenvalue weighted by molar-refractivity contribution is -0.131. The molecular formula is C21H16N2O4. The zero-order valence-corrected chi connectivity index (χ0v) is 14.6. The lowest BCUT2D eigenvalue weighted by atomic mass is 10.0. The number of carbonyl (C=O) groups excluding carboxylic acids is 2. The van der Waals surface area contributed by atoms with Crippen molar-refractivity contribution in [2.24, 2.45) is 0 Å². The summed E-state index contributed by atoms with van der Waals surface area (Å²) in [5, 5.41) is 2.86. The summed E-state index contributed by atoms with van der Waals surface area (Å²) in [6, 6.07) is 14.3. The van der Waals surface area contributed by atoms with Gasteiger partial charge in [0.1, 0.15) is 11.5 Å². The molecule has 134 valence electrons. The minimum Gasteiger partial charge on any atom is -0.495 e. The van der Waals surface area contributed by atoms with Gasteiger partial charge in [0, 0.05) is 28.6 Å². The van der Waals surface area contributed by atoms with Gasteiger partial charge in [-0.3, -0.25) is 14.6 Å². The van der Waals surface area contributed by atoms with Gasteiger partial charge in [-0.15, -0.1) is 0 Å². The van der Waals surface area contributed by atoms with Gasteiger partial charge in [-0.05, 0) is 42.0 Å². The average molecular weight is 360 g/mol. The Morgan fingerprint density at radius 3 is 2.85 bits per heavy atom. The summed E-state index contributed by atoms with van der Waals surface area (Å²) >= 11 is 0. The SMILES string of the molecule is COc1cncc(-c2cccc(C(=O)Nc3ccc4c(c3)CC(=O)O4)c2)c1. The van der Waals surface area contributed by atoms with E-state index in [1.54, 1.807) is 49.8 Å². The molecule has 1 N–H and O–H groups in total. The van der Waals surface area contributed by atoms with Crippen LogP contribution in [-0.2, 0) is 11.2 Å². The van der Waals surface area contributed by atoms with Crippen molar-refractivity contribution < 1.29 is 19.1 Å². The number of aromatic nitrogens is 1. The maximum absolute atomic E-state index is 12.6. The Hall–Kier alpha value is -3.67. The van der Waals surface area contributed by atoms with Crippen molar-refractivity contribution in [2.45, 2.75) is 6.42 Å². The first-order valence-electron chi connectivity index (χ1n) is 8.37. The number of hydrogen-bond donors (Lipinski definition) is 1. The maximum atomic E-state index is 12.6. The van der Waals surface area contributed by atoms with E-state index in [2.05, 4.69) is 10.3 Å². The average Bonchev–Trinajstić information content (AvgIpc) is 3.07. The van der Waals surface area contributed by atoms with Crippen LogP contribution < -0.4 is 14.8 Å². The standard InChI is InChI=1S/C21H16N2O4/c1-26-18-9-16(11-22-12-18)13-3-2-4-14(7-13)21(25)23-17-5-6-19-15(8-17)10-20(24)27-19/h2-9,11-12H,10H2,1H3,(H,23,25). The Morgan fingerprint density at radius 1 is 1.11 bits per heavy atom. The van der Waals surface area contributed by atoms with Gasteiger partial charge in [0.05, 0.1) is 19.7 Å². The number of fused-ring (bicyclic) bond motifs is 1. The second-order valence-corrected chi connectivity index (χ2v) is 6.12. The normalized spacial score (nSPS) is 12.3. The fourth-order valence-electron chi connectivity index (χ4n) is 2.94. The van der Waals surface area contributed by atoms with Gasteiger partial charge >= 0.3 is 5.97 Å². The summed E-state index contributed by atoms with van der Waals surface area (Å²) in [5.41, 5.74) is 3.63. The topological polar surface area (TPSA) is 77.5 Å². The van der Waals surface area contributed by atoms with Gasteiger partial charge in [-0.1, -0.05) is 12.1 Å². The van der Waals surface area contributed by atoms with Crippen LogP contribution in [0.5, 0.6) is 11.5 Å². The van der Waals surface area contributed by atoms with Gasteiger partial charge in [-0.2, -0.15) is 0 Å². The Bertz CT molecular complexity index is 1050. The third-order valence-corrected chi connectivity index (χ3v) is 4.28. The highest BCUT2D eigenvalue weighted by molar-refractivity contribution is 6.05. The smallest absolute Gasteiger partial charge is 0.315 e. The predicted octanol–water partition coefficient (Wildman–Crippen LogP) is 3.47. The predicted molar refractivity (Wildman–Crippen MR) is 100.0 cm³/mol. The highest BCUT2D eigenvalue weighted by atomic mass is 16.5. The number of nitrogens with one attached hydrogen (secondary N) is 1. The lowest BCUT2D eigenvalue weighted by Gasteiger charge is -2.09. The van der Waals surface area contributed by atoms with Gasteiger partial charge in [-0.25, -0.2) is 0 Å². The monoisotopic (exact) mass is 360 g/mol. The molecule has 1 aliphatic heterocycles. The molecule has 4 rings (SSSR count). The van der Waals surface area contributed by atoms with E-state index in [9.17, 15) is 9.59 Å². The fourth-order valence-corrected chi connectivity index (χ4v) is 2.94. The molecule has 0 radical (unpaired) electrons. The second kappa shape index (κ2) is 6.92. The summed E-state index contributed by atoms with van der Waals surface area (Å²) in [7, 11) is 1.58. The van der Waals surface area contributed by atoms with Gasteiger partial charge in [0.2, 0.25) is 0 Å². The minimum atomic E-state index is -0.284. The molecule has 0 saturated heterocycles. The third kappa shape index (κ3) is 3.50. The number of esters is 1. The Kier molecular flexibility index (Phi) is 4.30. The largest absolute Gasteiger partial charge is 0.495 e. The number of benzene rings is 2. The summed E-state index contributed by atoms with van der Waals surface area (Å²) in [4.78, 5) is 28.1. The number of pyridine rings is 1.